The van der Waals surface area contributed by atoms with Crippen LogP contribution in [0.25, 0.3) is 0 Å². The van der Waals surface area contributed by atoms with E-state index in [1.165, 1.54) is 25.3 Å². The summed E-state index contributed by atoms with van der Waals surface area (Å²) in [5.41, 5.74) is 0.281. The van der Waals surface area contributed by atoms with Crippen LogP contribution in [-0.4, -0.2) is 21.6 Å². The molecule has 0 spiro atoms. The van der Waals surface area contributed by atoms with Crippen molar-refractivity contribution in [2.24, 2.45) is 0 Å². The Balaban J connectivity index is 2.22. The first-order valence-electron chi connectivity index (χ1n) is 5.03. The molecular formula is C10H8ClN3O4S. The van der Waals surface area contributed by atoms with E-state index in [9.17, 15) is 10.1 Å². The third-order valence-electron chi connectivity index (χ3n) is 2.24. The highest BCUT2D eigenvalue weighted by Crippen LogP contribution is 2.32. The van der Waals surface area contributed by atoms with Crippen LogP contribution in [0.5, 0.6) is 11.5 Å². The number of benzene rings is 1. The molecular weight excluding hydrogens is 294 g/mol. The SMILES string of the molecule is COc1ccc([N+](=O)[O-])c(OCc2nnsc2Cl)c1. The van der Waals surface area contributed by atoms with E-state index in [4.69, 9.17) is 21.1 Å². The maximum Gasteiger partial charge on any atom is 0.311 e. The topological polar surface area (TPSA) is 87.4 Å². The van der Waals surface area contributed by atoms with Gasteiger partial charge in [-0.3, -0.25) is 10.1 Å². The summed E-state index contributed by atoms with van der Waals surface area (Å²) in [6, 6.07) is 4.24. The molecule has 19 heavy (non-hydrogen) atoms. The number of rotatable bonds is 5. The van der Waals surface area contributed by atoms with Gasteiger partial charge in [0.25, 0.3) is 0 Å². The minimum Gasteiger partial charge on any atom is -0.497 e. The van der Waals surface area contributed by atoms with Crippen LogP contribution >= 0.6 is 23.1 Å². The molecule has 7 nitrogen and oxygen atoms in total. The fraction of sp³-hybridized carbons (Fsp3) is 0.200. The van der Waals surface area contributed by atoms with Crippen molar-refractivity contribution in [1.29, 1.82) is 0 Å². The Morgan fingerprint density at radius 1 is 1.53 bits per heavy atom. The number of aromatic nitrogens is 2. The normalized spacial score (nSPS) is 10.2. The first-order valence-corrected chi connectivity index (χ1v) is 6.19. The first kappa shape index (κ1) is 13.5. The lowest BCUT2D eigenvalue weighted by atomic mass is 10.3. The van der Waals surface area contributed by atoms with Gasteiger partial charge < -0.3 is 9.47 Å². The van der Waals surface area contributed by atoms with Crippen molar-refractivity contribution in [3.8, 4) is 11.5 Å². The van der Waals surface area contributed by atoms with Crippen molar-refractivity contribution in [2.75, 3.05) is 7.11 Å². The zero-order valence-corrected chi connectivity index (χ0v) is 11.3. The summed E-state index contributed by atoms with van der Waals surface area (Å²) in [6.45, 7) is 0.00331. The Hall–Kier alpha value is -1.93. The van der Waals surface area contributed by atoms with Gasteiger partial charge in [0.2, 0.25) is 5.75 Å². The predicted octanol–water partition coefficient (Wildman–Crippen LogP) is 2.69. The summed E-state index contributed by atoms with van der Waals surface area (Å²) in [6.07, 6.45) is 0. The molecule has 0 amide bonds. The van der Waals surface area contributed by atoms with Gasteiger partial charge in [-0.2, -0.15) is 0 Å². The summed E-state index contributed by atoms with van der Waals surface area (Å²) in [5.74, 6) is 0.552. The van der Waals surface area contributed by atoms with Crippen LogP contribution in [0.15, 0.2) is 18.2 Å². The van der Waals surface area contributed by atoms with E-state index in [0.717, 1.165) is 11.5 Å². The lowest BCUT2D eigenvalue weighted by Gasteiger charge is -2.07. The number of nitro benzene ring substituents is 1. The van der Waals surface area contributed by atoms with Crippen LogP contribution in [0.4, 0.5) is 5.69 Å². The summed E-state index contributed by atoms with van der Waals surface area (Å²) in [5, 5.41) is 14.6. The Kier molecular flexibility index (Phi) is 4.13. The van der Waals surface area contributed by atoms with Crippen LogP contribution in [0, 0.1) is 10.1 Å². The van der Waals surface area contributed by atoms with Crippen molar-refractivity contribution in [3.05, 3.63) is 38.3 Å². The van der Waals surface area contributed by atoms with E-state index < -0.39 is 4.92 Å². The molecule has 0 saturated heterocycles. The molecule has 100 valence electrons. The Bertz CT molecular complexity index is 604. The number of ether oxygens (including phenoxy) is 2. The zero-order valence-electron chi connectivity index (χ0n) is 9.70. The lowest BCUT2D eigenvalue weighted by Crippen LogP contribution is -2.00. The molecule has 0 aliphatic rings. The number of hydrogen-bond donors (Lipinski definition) is 0. The maximum atomic E-state index is 10.9. The first-order chi connectivity index (χ1) is 9.11. The molecule has 1 aromatic heterocycles. The molecule has 1 aromatic carbocycles. The molecule has 0 unspecified atom stereocenters. The lowest BCUT2D eigenvalue weighted by molar-refractivity contribution is -0.386. The highest BCUT2D eigenvalue weighted by molar-refractivity contribution is 7.10. The van der Waals surface area contributed by atoms with Crippen LogP contribution < -0.4 is 9.47 Å². The van der Waals surface area contributed by atoms with Crippen LogP contribution in [-0.2, 0) is 6.61 Å². The van der Waals surface area contributed by atoms with Gasteiger partial charge in [0.15, 0.2) is 0 Å². The molecule has 1 heterocycles. The second-order valence-electron chi connectivity index (χ2n) is 3.37. The third kappa shape index (κ3) is 3.09. The van der Waals surface area contributed by atoms with Gasteiger partial charge in [-0.05, 0) is 6.07 Å². The number of nitro groups is 1. The maximum absolute atomic E-state index is 10.9. The molecule has 0 aliphatic heterocycles. The van der Waals surface area contributed by atoms with Crippen molar-refractivity contribution >= 4 is 28.8 Å². The number of hydrogen-bond acceptors (Lipinski definition) is 7. The number of nitrogens with zero attached hydrogens (tertiary/aromatic N) is 3. The molecule has 0 saturated carbocycles. The molecule has 9 heteroatoms. The standard InChI is InChI=1S/C10H8ClN3O4S/c1-17-6-2-3-8(14(15)16)9(4-6)18-5-7-10(11)19-13-12-7/h2-4H,5H2,1H3. The molecule has 0 radical (unpaired) electrons. The highest BCUT2D eigenvalue weighted by atomic mass is 35.5. The number of methoxy groups -OCH3 is 1. The van der Waals surface area contributed by atoms with Gasteiger partial charge >= 0.3 is 5.69 Å². The van der Waals surface area contributed by atoms with E-state index in [1.807, 2.05) is 0 Å². The van der Waals surface area contributed by atoms with Crippen LogP contribution in [0.1, 0.15) is 5.69 Å². The molecule has 0 aliphatic carbocycles. The summed E-state index contributed by atoms with van der Waals surface area (Å²) in [4.78, 5) is 10.4. The second-order valence-corrected chi connectivity index (χ2v) is 4.73. The third-order valence-corrected chi connectivity index (χ3v) is 3.22. The molecule has 0 bridgehead atoms. The summed E-state index contributed by atoms with van der Waals surface area (Å²) >= 11 is 6.85. The van der Waals surface area contributed by atoms with E-state index in [-0.39, 0.29) is 18.0 Å². The van der Waals surface area contributed by atoms with E-state index in [0.29, 0.717) is 15.8 Å². The van der Waals surface area contributed by atoms with E-state index in [2.05, 4.69) is 9.59 Å². The van der Waals surface area contributed by atoms with Gasteiger partial charge in [-0.1, -0.05) is 16.1 Å². The molecule has 2 rings (SSSR count). The fourth-order valence-electron chi connectivity index (χ4n) is 1.32. The minimum atomic E-state index is -0.532. The number of halogens is 1. The Morgan fingerprint density at radius 2 is 2.32 bits per heavy atom. The Labute approximate surface area is 117 Å². The van der Waals surface area contributed by atoms with E-state index >= 15 is 0 Å². The molecule has 0 fully saturated rings. The van der Waals surface area contributed by atoms with Crippen molar-refractivity contribution < 1.29 is 14.4 Å². The molecule has 2 aromatic rings. The summed E-state index contributed by atoms with van der Waals surface area (Å²) in [7, 11) is 1.46. The smallest absolute Gasteiger partial charge is 0.311 e. The van der Waals surface area contributed by atoms with Crippen molar-refractivity contribution in [1.82, 2.24) is 9.59 Å². The largest absolute Gasteiger partial charge is 0.497 e. The second kappa shape index (κ2) is 5.81. The minimum absolute atomic E-state index is 0.00331. The Morgan fingerprint density at radius 3 is 2.89 bits per heavy atom. The van der Waals surface area contributed by atoms with Gasteiger partial charge in [0.05, 0.1) is 12.0 Å². The average Bonchev–Trinajstić information content (AvgIpc) is 2.81. The van der Waals surface area contributed by atoms with E-state index in [1.54, 1.807) is 0 Å². The van der Waals surface area contributed by atoms with Crippen LogP contribution in [0.2, 0.25) is 4.34 Å². The fourth-order valence-corrected chi connectivity index (χ4v) is 1.92. The monoisotopic (exact) mass is 301 g/mol. The van der Waals surface area contributed by atoms with Crippen molar-refractivity contribution in [2.45, 2.75) is 6.61 Å². The zero-order chi connectivity index (χ0) is 13.8. The molecule has 0 N–H and O–H groups in total. The predicted molar refractivity (Wildman–Crippen MR) is 68.9 cm³/mol. The van der Waals surface area contributed by atoms with Gasteiger partial charge in [0.1, 0.15) is 22.4 Å². The van der Waals surface area contributed by atoms with Gasteiger partial charge in [-0.25, -0.2) is 0 Å². The quantitative estimate of drug-likeness (QED) is 0.623. The van der Waals surface area contributed by atoms with Crippen molar-refractivity contribution in [3.63, 3.8) is 0 Å². The van der Waals surface area contributed by atoms with Crippen LogP contribution in [0.3, 0.4) is 0 Å². The van der Waals surface area contributed by atoms with Gasteiger partial charge in [0, 0.05) is 23.7 Å². The summed E-state index contributed by atoms with van der Waals surface area (Å²) < 4.78 is 14.4. The molecule has 0 atom stereocenters. The average molecular weight is 302 g/mol. The highest BCUT2D eigenvalue weighted by Gasteiger charge is 2.17. The van der Waals surface area contributed by atoms with Gasteiger partial charge in [-0.15, -0.1) is 5.10 Å².